The Bertz CT molecular complexity index is 292. The molecule has 1 aliphatic rings. The van der Waals surface area contributed by atoms with Gasteiger partial charge in [0.1, 0.15) is 5.82 Å². The molecule has 0 amide bonds. The Labute approximate surface area is 84.9 Å². The number of nitrogens with one attached hydrogen (secondary N) is 2. The minimum Gasteiger partial charge on any atom is -0.367 e. The maximum atomic E-state index is 4.34. The molecule has 2 N–H and O–H groups in total. The number of aryl methyl sites for hydroxylation is 1. The van der Waals surface area contributed by atoms with E-state index in [1.807, 2.05) is 12.3 Å². The first kappa shape index (κ1) is 9.46. The lowest BCUT2D eigenvalue weighted by atomic mass is 10.1. The van der Waals surface area contributed by atoms with Gasteiger partial charge in [-0.05, 0) is 44.5 Å². The van der Waals surface area contributed by atoms with Gasteiger partial charge in [-0.1, -0.05) is 6.07 Å². The molecule has 2 heterocycles. The summed E-state index contributed by atoms with van der Waals surface area (Å²) < 4.78 is 0. The molecule has 1 aromatic rings. The van der Waals surface area contributed by atoms with Crippen LogP contribution in [0.4, 0.5) is 5.82 Å². The fourth-order valence-electron chi connectivity index (χ4n) is 1.80. The van der Waals surface area contributed by atoms with Crippen LogP contribution in [0.1, 0.15) is 18.4 Å². The average Bonchev–Trinajstić information content (AvgIpc) is 2.23. The minimum absolute atomic E-state index is 0.588. The van der Waals surface area contributed by atoms with Gasteiger partial charge in [-0.2, -0.15) is 0 Å². The molecular weight excluding hydrogens is 174 g/mol. The van der Waals surface area contributed by atoms with Crippen LogP contribution in [0.15, 0.2) is 18.3 Å². The van der Waals surface area contributed by atoms with Gasteiger partial charge in [-0.15, -0.1) is 0 Å². The molecule has 0 saturated carbocycles. The fourth-order valence-corrected chi connectivity index (χ4v) is 1.80. The highest BCUT2D eigenvalue weighted by Crippen LogP contribution is 2.14. The summed E-state index contributed by atoms with van der Waals surface area (Å²) in [7, 11) is 0. The van der Waals surface area contributed by atoms with Gasteiger partial charge < -0.3 is 10.6 Å². The molecule has 76 valence electrons. The van der Waals surface area contributed by atoms with E-state index in [0.717, 1.165) is 18.9 Å². The molecule has 0 aromatic carbocycles. The zero-order valence-electron chi connectivity index (χ0n) is 8.59. The van der Waals surface area contributed by atoms with Crippen molar-refractivity contribution < 1.29 is 0 Å². The Morgan fingerprint density at radius 3 is 2.93 bits per heavy atom. The standard InChI is InChI=1S/C11H17N3/c1-9-3-2-6-13-11(9)14-10-4-7-12-8-5-10/h2-3,6,10,12H,4-5,7-8H2,1H3,(H,13,14). The molecule has 0 aliphatic carbocycles. The zero-order valence-corrected chi connectivity index (χ0v) is 8.59. The smallest absolute Gasteiger partial charge is 0.129 e. The predicted octanol–water partition coefficient (Wildman–Crippen LogP) is 1.55. The quantitative estimate of drug-likeness (QED) is 0.744. The van der Waals surface area contributed by atoms with E-state index in [-0.39, 0.29) is 0 Å². The van der Waals surface area contributed by atoms with Crippen LogP contribution in [-0.4, -0.2) is 24.1 Å². The molecule has 0 radical (unpaired) electrons. The van der Waals surface area contributed by atoms with Gasteiger partial charge in [0.05, 0.1) is 0 Å². The summed E-state index contributed by atoms with van der Waals surface area (Å²) in [5.41, 5.74) is 1.23. The van der Waals surface area contributed by atoms with E-state index in [2.05, 4.69) is 28.6 Å². The Kier molecular flexibility index (Phi) is 2.99. The van der Waals surface area contributed by atoms with Gasteiger partial charge in [0, 0.05) is 12.2 Å². The Hall–Kier alpha value is -1.09. The van der Waals surface area contributed by atoms with Crippen molar-refractivity contribution in [3.63, 3.8) is 0 Å². The van der Waals surface area contributed by atoms with E-state index in [0.29, 0.717) is 6.04 Å². The van der Waals surface area contributed by atoms with Gasteiger partial charge in [0.2, 0.25) is 0 Å². The molecule has 1 aromatic heterocycles. The molecule has 14 heavy (non-hydrogen) atoms. The molecular formula is C11H17N3. The zero-order chi connectivity index (χ0) is 9.80. The second-order valence-electron chi connectivity index (χ2n) is 3.84. The molecule has 0 unspecified atom stereocenters. The number of rotatable bonds is 2. The number of piperidine rings is 1. The number of aromatic nitrogens is 1. The number of nitrogens with zero attached hydrogens (tertiary/aromatic N) is 1. The van der Waals surface area contributed by atoms with Crippen LogP contribution in [0, 0.1) is 6.92 Å². The van der Waals surface area contributed by atoms with Crippen LogP contribution >= 0.6 is 0 Å². The second-order valence-corrected chi connectivity index (χ2v) is 3.84. The van der Waals surface area contributed by atoms with E-state index < -0.39 is 0 Å². The molecule has 1 fully saturated rings. The highest BCUT2D eigenvalue weighted by Gasteiger charge is 2.13. The first-order valence-corrected chi connectivity index (χ1v) is 5.25. The van der Waals surface area contributed by atoms with Crippen molar-refractivity contribution in [2.75, 3.05) is 18.4 Å². The first-order valence-electron chi connectivity index (χ1n) is 5.25. The monoisotopic (exact) mass is 191 g/mol. The van der Waals surface area contributed by atoms with Crippen molar-refractivity contribution in [1.29, 1.82) is 0 Å². The summed E-state index contributed by atoms with van der Waals surface area (Å²) in [5, 5.41) is 6.85. The summed E-state index contributed by atoms with van der Waals surface area (Å²) in [4.78, 5) is 4.34. The topological polar surface area (TPSA) is 37.0 Å². The predicted molar refractivity (Wildman–Crippen MR) is 58.5 cm³/mol. The molecule has 3 nitrogen and oxygen atoms in total. The first-order chi connectivity index (χ1) is 6.86. The lowest BCUT2D eigenvalue weighted by Gasteiger charge is -2.24. The Morgan fingerprint density at radius 1 is 1.43 bits per heavy atom. The Balaban J connectivity index is 1.99. The van der Waals surface area contributed by atoms with Gasteiger partial charge in [0.15, 0.2) is 0 Å². The van der Waals surface area contributed by atoms with Crippen molar-refractivity contribution in [2.24, 2.45) is 0 Å². The van der Waals surface area contributed by atoms with Crippen LogP contribution in [0.25, 0.3) is 0 Å². The summed E-state index contributed by atoms with van der Waals surface area (Å²) >= 11 is 0. The van der Waals surface area contributed by atoms with Crippen molar-refractivity contribution in [1.82, 2.24) is 10.3 Å². The van der Waals surface area contributed by atoms with Gasteiger partial charge in [-0.25, -0.2) is 4.98 Å². The van der Waals surface area contributed by atoms with Crippen LogP contribution in [0.3, 0.4) is 0 Å². The van der Waals surface area contributed by atoms with Crippen LogP contribution in [-0.2, 0) is 0 Å². The normalized spacial score (nSPS) is 18.1. The largest absolute Gasteiger partial charge is 0.367 e. The number of hydrogen-bond acceptors (Lipinski definition) is 3. The lowest BCUT2D eigenvalue weighted by Crippen LogP contribution is -2.35. The SMILES string of the molecule is Cc1cccnc1NC1CCNCC1. The Morgan fingerprint density at radius 2 is 2.21 bits per heavy atom. The molecule has 3 heteroatoms. The van der Waals surface area contributed by atoms with Crippen molar-refractivity contribution >= 4 is 5.82 Å². The van der Waals surface area contributed by atoms with Gasteiger partial charge >= 0.3 is 0 Å². The maximum absolute atomic E-state index is 4.34. The maximum Gasteiger partial charge on any atom is 0.129 e. The fraction of sp³-hybridized carbons (Fsp3) is 0.545. The van der Waals surface area contributed by atoms with E-state index in [1.165, 1.54) is 18.4 Å². The van der Waals surface area contributed by atoms with Gasteiger partial charge in [0.25, 0.3) is 0 Å². The third kappa shape index (κ3) is 2.23. The molecule has 0 spiro atoms. The lowest BCUT2D eigenvalue weighted by molar-refractivity contribution is 0.478. The van der Waals surface area contributed by atoms with Crippen LogP contribution in [0.2, 0.25) is 0 Å². The second kappa shape index (κ2) is 4.42. The van der Waals surface area contributed by atoms with E-state index in [9.17, 15) is 0 Å². The van der Waals surface area contributed by atoms with E-state index in [4.69, 9.17) is 0 Å². The minimum atomic E-state index is 0.588. The number of anilines is 1. The van der Waals surface area contributed by atoms with Crippen LogP contribution < -0.4 is 10.6 Å². The van der Waals surface area contributed by atoms with Crippen molar-refractivity contribution in [3.05, 3.63) is 23.9 Å². The molecule has 2 rings (SSSR count). The number of hydrogen-bond donors (Lipinski definition) is 2. The molecule has 1 aliphatic heterocycles. The molecule has 1 saturated heterocycles. The van der Waals surface area contributed by atoms with E-state index in [1.54, 1.807) is 0 Å². The van der Waals surface area contributed by atoms with Crippen molar-refractivity contribution in [3.8, 4) is 0 Å². The summed E-state index contributed by atoms with van der Waals surface area (Å²) in [5.74, 6) is 1.04. The highest BCUT2D eigenvalue weighted by molar-refractivity contribution is 5.43. The van der Waals surface area contributed by atoms with Crippen LogP contribution in [0.5, 0.6) is 0 Å². The highest BCUT2D eigenvalue weighted by atomic mass is 15.0. The summed E-state index contributed by atoms with van der Waals surface area (Å²) in [6.07, 6.45) is 4.22. The third-order valence-corrected chi connectivity index (χ3v) is 2.69. The van der Waals surface area contributed by atoms with E-state index >= 15 is 0 Å². The summed E-state index contributed by atoms with van der Waals surface area (Å²) in [6.45, 7) is 4.32. The molecule has 0 bridgehead atoms. The molecule has 0 atom stereocenters. The number of pyridine rings is 1. The van der Waals surface area contributed by atoms with Gasteiger partial charge in [-0.3, -0.25) is 0 Å². The summed E-state index contributed by atoms with van der Waals surface area (Å²) in [6, 6.07) is 4.66. The average molecular weight is 191 g/mol. The third-order valence-electron chi connectivity index (χ3n) is 2.69. The van der Waals surface area contributed by atoms with Crippen molar-refractivity contribution in [2.45, 2.75) is 25.8 Å².